The molecule has 4 rings (SSSR count). The van der Waals surface area contributed by atoms with Crippen molar-refractivity contribution >= 4 is 11.9 Å². The van der Waals surface area contributed by atoms with Gasteiger partial charge >= 0.3 is 5.97 Å². The van der Waals surface area contributed by atoms with Crippen molar-refractivity contribution in [2.45, 2.75) is 32.1 Å². The maximum absolute atomic E-state index is 12.5. The van der Waals surface area contributed by atoms with Crippen LogP contribution in [0.3, 0.4) is 0 Å². The minimum Gasteiger partial charge on any atom is -0.481 e. The van der Waals surface area contributed by atoms with Gasteiger partial charge in [0.25, 0.3) is 0 Å². The predicted octanol–water partition coefficient (Wildman–Crippen LogP) is 2.06. The van der Waals surface area contributed by atoms with Gasteiger partial charge in [-0.3, -0.25) is 9.59 Å². The number of allylic oxidation sites excluding steroid dienone is 2. The van der Waals surface area contributed by atoms with Gasteiger partial charge in [-0.05, 0) is 55.3 Å². The van der Waals surface area contributed by atoms with Crippen molar-refractivity contribution in [2.24, 2.45) is 41.4 Å². The molecule has 1 amide bonds. The van der Waals surface area contributed by atoms with Crippen LogP contribution in [0.2, 0.25) is 0 Å². The minimum absolute atomic E-state index is 0.0259. The Morgan fingerprint density at radius 2 is 1.81 bits per heavy atom. The van der Waals surface area contributed by atoms with Crippen molar-refractivity contribution < 1.29 is 14.7 Å². The Balaban J connectivity index is 1.38. The van der Waals surface area contributed by atoms with Crippen LogP contribution in [-0.2, 0) is 9.59 Å². The third-order valence-electron chi connectivity index (χ3n) is 6.47. The zero-order valence-electron chi connectivity index (χ0n) is 12.2. The average molecular weight is 289 g/mol. The number of carbonyl (C=O) groups excluding carboxylic acids is 1. The Morgan fingerprint density at radius 1 is 1.05 bits per heavy atom. The molecule has 4 bridgehead atoms. The Labute approximate surface area is 125 Å². The SMILES string of the molecule is O=C(O)C1C2C=CC(C2)C1C(=O)NCC1CC2CCC1C2. The summed E-state index contributed by atoms with van der Waals surface area (Å²) in [5, 5.41) is 12.5. The first-order chi connectivity index (χ1) is 10.1. The number of hydrogen-bond acceptors (Lipinski definition) is 2. The normalized spacial score (nSPS) is 46.2. The fraction of sp³-hybridized carbons (Fsp3) is 0.765. The van der Waals surface area contributed by atoms with E-state index in [1.54, 1.807) is 0 Å². The highest BCUT2D eigenvalue weighted by molar-refractivity contribution is 5.86. The Morgan fingerprint density at radius 3 is 2.43 bits per heavy atom. The number of nitrogens with one attached hydrogen (secondary N) is 1. The van der Waals surface area contributed by atoms with Gasteiger partial charge in [0.2, 0.25) is 5.91 Å². The molecular weight excluding hydrogens is 266 g/mol. The molecule has 4 aliphatic carbocycles. The average Bonchev–Trinajstić information content (AvgIpc) is 3.21. The molecule has 0 radical (unpaired) electrons. The zero-order chi connectivity index (χ0) is 14.6. The summed E-state index contributed by atoms with van der Waals surface area (Å²) in [6, 6.07) is 0. The lowest BCUT2D eigenvalue weighted by atomic mass is 9.82. The van der Waals surface area contributed by atoms with Gasteiger partial charge in [-0.1, -0.05) is 18.6 Å². The van der Waals surface area contributed by atoms with E-state index in [1.807, 2.05) is 12.2 Å². The van der Waals surface area contributed by atoms with Crippen molar-refractivity contribution in [3.8, 4) is 0 Å². The van der Waals surface area contributed by atoms with Crippen LogP contribution in [0.5, 0.6) is 0 Å². The highest BCUT2D eigenvalue weighted by Gasteiger charge is 2.51. The molecule has 3 saturated carbocycles. The lowest BCUT2D eigenvalue weighted by Crippen LogP contribution is -2.42. The molecule has 7 unspecified atom stereocenters. The van der Waals surface area contributed by atoms with Gasteiger partial charge in [0.15, 0.2) is 0 Å². The summed E-state index contributed by atoms with van der Waals surface area (Å²) >= 11 is 0. The van der Waals surface area contributed by atoms with Gasteiger partial charge < -0.3 is 10.4 Å². The van der Waals surface area contributed by atoms with Gasteiger partial charge in [-0.25, -0.2) is 0 Å². The van der Waals surface area contributed by atoms with Crippen LogP contribution >= 0.6 is 0 Å². The molecule has 0 aromatic carbocycles. The summed E-state index contributed by atoms with van der Waals surface area (Å²) in [6.45, 7) is 0.754. The second kappa shape index (κ2) is 4.85. The van der Waals surface area contributed by atoms with Crippen LogP contribution in [0, 0.1) is 41.4 Å². The number of carbonyl (C=O) groups is 2. The van der Waals surface area contributed by atoms with Gasteiger partial charge in [0.05, 0.1) is 11.8 Å². The molecule has 4 aliphatic rings. The van der Waals surface area contributed by atoms with Crippen molar-refractivity contribution in [2.75, 3.05) is 6.54 Å². The molecule has 0 spiro atoms. The van der Waals surface area contributed by atoms with Gasteiger partial charge in [-0.2, -0.15) is 0 Å². The molecule has 2 N–H and O–H groups in total. The third kappa shape index (κ3) is 2.11. The lowest BCUT2D eigenvalue weighted by Gasteiger charge is -2.26. The number of hydrogen-bond donors (Lipinski definition) is 2. The van der Waals surface area contributed by atoms with Crippen molar-refractivity contribution in [1.29, 1.82) is 0 Å². The number of carboxylic acids is 1. The molecule has 0 aromatic heterocycles. The smallest absolute Gasteiger partial charge is 0.307 e. The first-order valence-electron chi connectivity index (χ1n) is 8.32. The van der Waals surface area contributed by atoms with Crippen LogP contribution in [-0.4, -0.2) is 23.5 Å². The minimum atomic E-state index is -0.813. The van der Waals surface area contributed by atoms with E-state index in [1.165, 1.54) is 25.7 Å². The van der Waals surface area contributed by atoms with Gasteiger partial charge in [0.1, 0.15) is 0 Å². The molecule has 0 saturated heterocycles. The van der Waals surface area contributed by atoms with Crippen LogP contribution in [0.25, 0.3) is 0 Å². The number of amides is 1. The number of aliphatic carboxylic acids is 1. The quantitative estimate of drug-likeness (QED) is 0.779. The summed E-state index contributed by atoms with van der Waals surface area (Å²) in [7, 11) is 0. The highest BCUT2D eigenvalue weighted by Crippen LogP contribution is 2.49. The van der Waals surface area contributed by atoms with E-state index in [9.17, 15) is 14.7 Å². The standard InChI is InChI=1S/C17H23NO3/c19-16(18-8-13-6-9-1-2-10(13)5-9)14-11-3-4-12(7-11)15(14)17(20)21/h3-4,9-15H,1-2,5-8H2,(H,18,19)(H,20,21). The molecule has 0 aromatic rings. The van der Waals surface area contributed by atoms with Gasteiger partial charge in [0, 0.05) is 6.54 Å². The van der Waals surface area contributed by atoms with Crippen LogP contribution in [0.4, 0.5) is 0 Å². The first kappa shape index (κ1) is 13.4. The van der Waals surface area contributed by atoms with Crippen molar-refractivity contribution in [3.63, 3.8) is 0 Å². The van der Waals surface area contributed by atoms with E-state index in [0.717, 1.165) is 24.8 Å². The molecular formula is C17H23NO3. The molecule has 3 fully saturated rings. The van der Waals surface area contributed by atoms with Gasteiger partial charge in [-0.15, -0.1) is 0 Å². The maximum Gasteiger partial charge on any atom is 0.307 e. The van der Waals surface area contributed by atoms with Crippen molar-refractivity contribution in [1.82, 2.24) is 5.32 Å². The molecule has 114 valence electrons. The number of rotatable bonds is 4. The first-order valence-corrected chi connectivity index (χ1v) is 8.32. The summed E-state index contributed by atoms with van der Waals surface area (Å²) in [6.07, 6.45) is 10.2. The maximum atomic E-state index is 12.5. The third-order valence-corrected chi connectivity index (χ3v) is 6.47. The molecule has 7 atom stereocenters. The van der Waals surface area contributed by atoms with Crippen LogP contribution < -0.4 is 5.32 Å². The highest BCUT2D eigenvalue weighted by atomic mass is 16.4. The van der Waals surface area contributed by atoms with E-state index < -0.39 is 11.9 Å². The second-order valence-corrected chi connectivity index (χ2v) is 7.52. The number of carboxylic acid groups (broad SMARTS) is 1. The van der Waals surface area contributed by atoms with Crippen LogP contribution in [0.15, 0.2) is 12.2 Å². The predicted molar refractivity (Wildman–Crippen MR) is 77.3 cm³/mol. The van der Waals surface area contributed by atoms with Crippen LogP contribution in [0.1, 0.15) is 32.1 Å². The van der Waals surface area contributed by atoms with E-state index in [4.69, 9.17) is 0 Å². The van der Waals surface area contributed by atoms with E-state index in [0.29, 0.717) is 5.92 Å². The molecule has 4 nitrogen and oxygen atoms in total. The monoisotopic (exact) mass is 289 g/mol. The Hall–Kier alpha value is -1.32. The Bertz CT molecular complexity index is 500. The molecule has 4 heteroatoms. The lowest BCUT2D eigenvalue weighted by molar-refractivity contribution is -0.147. The summed E-state index contributed by atoms with van der Waals surface area (Å²) in [4.78, 5) is 24.0. The zero-order valence-corrected chi connectivity index (χ0v) is 12.2. The van der Waals surface area contributed by atoms with Crippen molar-refractivity contribution in [3.05, 3.63) is 12.2 Å². The van der Waals surface area contributed by atoms with E-state index in [2.05, 4.69) is 5.32 Å². The summed E-state index contributed by atoms with van der Waals surface area (Å²) < 4.78 is 0. The number of fused-ring (bicyclic) bond motifs is 4. The fourth-order valence-corrected chi connectivity index (χ4v) is 5.49. The summed E-state index contributed by atoms with van der Waals surface area (Å²) in [5.41, 5.74) is 0. The fourth-order valence-electron chi connectivity index (χ4n) is 5.49. The second-order valence-electron chi connectivity index (χ2n) is 7.52. The largest absolute Gasteiger partial charge is 0.481 e. The van der Waals surface area contributed by atoms with E-state index in [-0.39, 0.29) is 23.7 Å². The topological polar surface area (TPSA) is 66.4 Å². The molecule has 21 heavy (non-hydrogen) atoms. The molecule has 0 heterocycles. The molecule has 0 aliphatic heterocycles. The van der Waals surface area contributed by atoms with E-state index >= 15 is 0 Å². The Kier molecular flexibility index (Phi) is 3.09. The summed E-state index contributed by atoms with van der Waals surface area (Å²) in [5.74, 6) is 0.802.